The SMILES string of the molecule is Cc1cc(C)cc(C(=O)N2CCN(c3ccc([N+](=O)[O-])cc3Cl)CC2)c1. The van der Waals surface area contributed by atoms with Gasteiger partial charge in [0, 0.05) is 43.9 Å². The molecule has 26 heavy (non-hydrogen) atoms. The van der Waals surface area contributed by atoms with Crippen molar-refractivity contribution >= 4 is 28.9 Å². The Morgan fingerprint density at radius 3 is 2.19 bits per heavy atom. The van der Waals surface area contributed by atoms with Gasteiger partial charge in [-0.2, -0.15) is 0 Å². The van der Waals surface area contributed by atoms with Crippen LogP contribution < -0.4 is 4.90 Å². The number of carbonyl (C=O) groups is 1. The number of non-ortho nitro benzene ring substituents is 1. The molecule has 136 valence electrons. The van der Waals surface area contributed by atoms with E-state index in [4.69, 9.17) is 11.6 Å². The molecule has 1 heterocycles. The molecule has 0 atom stereocenters. The van der Waals surface area contributed by atoms with Gasteiger partial charge in [0.25, 0.3) is 11.6 Å². The van der Waals surface area contributed by atoms with E-state index in [0.717, 1.165) is 16.8 Å². The number of halogens is 1. The molecule has 0 aromatic heterocycles. The van der Waals surface area contributed by atoms with Crippen molar-refractivity contribution < 1.29 is 9.72 Å². The largest absolute Gasteiger partial charge is 0.367 e. The van der Waals surface area contributed by atoms with E-state index in [1.54, 1.807) is 6.07 Å². The van der Waals surface area contributed by atoms with Crippen molar-refractivity contribution in [2.75, 3.05) is 31.1 Å². The van der Waals surface area contributed by atoms with Crippen LogP contribution in [0, 0.1) is 24.0 Å². The number of carbonyl (C=O) groups excluding carboxylic acids is 1. The highest BCUT2D eigenvalue weighted by Gasteiger charge is 2.24. The quantitative estimate of drug-likeness (QED) is 0.605. The lowest BCUT2D eigenvalue weighted by molar-refractivity contribution is -0.384. The van der Waals surface area contributed by atoms with Gasteiger partial charge < -0.3 is 9.80 Å². The standard InChI is InChI=1S/C19H20ClN3O3/c1-13-9-14(2)11-15(10-13)19(24)22-7-5-21(6-8-22)18-4-3-16(23(25)26)12-17(18)20/h3-4,9-12H,5-8H2,1-2H3. The first-order chi connectivity index (χ1) is 12.3. The zero-order chi connectivity index (χ0) is 18.8. The Labute approximate surface area is 157 Å². The Hall–Kier alpha value is -2.60. The molecule has 1 aliphatic rings. The first-order valence-corrected chi connectivity index (χ1v) is 8.79. The van der Waals surface area contributed by atoms with E-state index in [-0.39, 0.29) is 11.6 Å². The highest BCUT2D eigenvalue weighted by molar-refractivity contribution is 6.33. The number of nitro groups is 1. The second-order valence-corrected chi connectivity index (χ2v) is 6.96. The van der Waals surface area contributed by atoms with Crippen LogP contribution in [0.1, 0.15) is 21.5 Å². The summed E-state index contributed by atoms with van der Waals surface area (Å²) in [6.45, 7) is 6.40. The van der Waals surface area contributed by atoms with Crippen molar-refractivity contribution in [3.05, 3.63) is 68.2 Å². The van der Waals surface area contributed by atoms with Crippen LogP contribution in [0.4, 0.5) is 11.4 Å². The van der Waals surface area contributed by atoms with Crippen LogP contribution in [0.15, 0.2) is 36.4 Å². The van der Waals surface area contributed by atoms with Gasteiger partial charge in [-0.1, -0.05) is 28.8 Å². The van der Waals surface area contributed by atoms with Crippen molar-refractivity contribution in [3.8, 4) is 0 Å². The third-order valence-electron chi connectivity index (χ3n) is 4.52. The Kier molecular flexibility index (Phi) is 5.13. The molecule has 7 heteroatoms. The lowest BCUT2D eigenvalue weighted by Gasteiger charge is -2.36. The van der Waals surface area contributed by atoms with E-state index in [2.05, 4.69) is 4.90 Å². The summed E-state index contributed by atoms with van der Waals surface area (Å²) in [6, 6.07) is 10.4. The van der Waals surface area contributed by atoms with Crippen molar-refractivity contribution in [1.82, 2.24) is 4.90 Å². The fourth-order valence-corrected chi connectivity index (χ4v) is 3.59. The van der Waals surface area contributed by atoms with Crippen molar-refractivity contribution in [3.63, 3.8) is 0 Å². The summed E-state index contributed by atoms with van der Waals surface area (Å²) in [4.78, 5) is 27.0. The number of aryl methyl sites for hydroxylation is 2. The Bertz CT molecular complexity index is 841. The van der Waals surface area contributed by atoms with Gasteiger partial charge in [-0.3, -0.25) is 14.9 Å². The molecule has 1 saturated heterocycles. The third-order valence-corrected chi connectivity index (χ3v) is 4.82. The maximum atomic E-state index is 12.7. The van der Waals surface area contributed by atoms with Crippen LogP contribution >= 0.6 is 11.6 Å². The maximum Gasteiger partial charge on any atom is 0.271 e. The van der Waals surface area contributed by atoms with Gasteiger partial charge in [-0.05, 0) is 32.0 Å². The lowest BCUT2D eigenvalue weighted by Crippen LogP contribution is -2.48. The molecule has 0 radical (unpaired) electrons. The van der Waals surface area contributed by atoms with Crippen molar-refractivity contribution in [1.29, 1.82) is 0 Å². The second-order valence-electron chi connectivity index (χ2n) is 6.55. The average molecular weight is 374 g/mol. The molecule has 0 saturated carbocycles. The van der Waals surface area contributed by atoms with Crippen LogP contribution in [0.5, 0.6) is 0 Å². The van der Waals surface area contributed by atoms with Crippen LogP contribution in [0.2, 0.25) is 5.02 Å². The number of piperazine rings is 1. The van der Waals surface area contributed by atoms with Crippen LogP contribution in [0.25, 0.3) is 0 Å². The van der Waals surface area contributed by atoms with Crippen LogP contribution in [-0.4, -0.2) is 41.9 Å². The second kappa shape index (κ2) is 7.33. The fraction of sp³-hybridized carbons (Fsp3) is 0.316. The topological polar surface area (TPSA) is 66.7 Å². The summed E-state index contributed by atoms with van der Waals surface area (Å²) in [5, 5.41) is 11.2. The summed E-state index contributed by atoms with van der Waals surface area (Å²) >= 11 is 6.21. The van der Waals surface area contributed by atoms with Gasteiger partial charge in [0.2, 0.25) is 0 Å². The van der Waals surface area contributed by atoms with Crippen LogP contribution in [0.3, 0.4) is 0 Å². The van der Waals surface area contributed by atoms with Crippen molar-refractivity contribution in [2.24, 2.45) is 0 Å². The Balaban J connectivity index is 1.69. The Morgan fingerprint density at radius 1 is 1.04 bits per heavy atom. The molecule has 1 fully saturated rings. The smallest absolute Gasteiger partial charge is 0.271 e. The van der Waals surface area contributed by atoms with Gasteiger partial charge in [-0.15, -0.1) is 0 Å². The molecule has 2 aromatic rings. The fourth-order valence-electron chi connectivity index (χ4n) is 3.30. The van der Waals surface area contributed by atoms with Gasteiger partial charge in [0.05, 0.1) is 15.6 Å². The number of hydrogen-bond donors (Lipinski definition) is 0. The molecule has 1 aliphatic heterocycles. The Morgan fingerprint density at radius 2 is 1.65 bits per heavy atom. The minimum atomic E-state index is -0.462. The predicted molar refractivity (Wildman–Crippen MR) is 102 cm³/mol. The molecule has 2 aromatic carbocycles. The highest BCUT2D eigenvalue weighted by atomic mass is 35.5. The van der Waals surface area contributed by atoms with E-state index < -0.39 is 4.92 Å². The molecular weight excluding hydrogens is 354 g/mol. The van der Waals surface area contributed by atoms with Crippen molar-refractivity contribution in [2.45, 2.75) is 13.8 Å². The first-order valence-electron chi connectivity index (χ1n) is 8.41. The molecule has 0 unspecified atom stereocenters. The molecule has 0 aliphatic carbocycles. The summed E-state index contributed by atoms with van der Waals surface area (Å²) in [6.07, 6.45) is 0. The third kappa shape index (κ3) is 3.80. The number of nitro benzene ring substituents is 1. The minimum absolute atomic E-state index is 0.0256. The monoisotopic (exact) mass is 373 g/mol. The summed E-state index contributed by atoms with van der Waals surface area (Å²) in [5.74, 6) is 0.0336. The van der Waals surface area contributed by atoms with Gasteiger partial charge >= 0.3 is 0 Å². The van der Waals surface area contributed by atoms with Gasteiger partial charge in [-0.25, -0.2) is 0 Å². The first kappa shape index (κ1) is 18.2. The zero-order valence-electron chi connectivity index (χ0n) is 14.7. The number of rotatable bonds is 3. The lowest BCUT2D eigenvalue weighted by atomic mass is 10.1. The molecule has 1 amide bonds. The highest BCUT2D eigenvalue weighted by Crippen LogP contribution is 2.30. The molecule has 0 N–H and O–H groups in total. The predicted octanol–water partition coefficient (Wildman–Crippen LogP) is 3.83. The van der Waals surface area contributed by atoms with Crippen LogP contribution in [-0.2, 0) is 0 Å². The van der Waals surface area contributed by atoms with Gasteiger partial charge in [0.15, 0.2) is 0 Å². The number of benzene rings is 2. The van der Waals surface area contributed by atoms with E-state index in [0.29, 0.717) is 36.8 Å². The molecule has 3 rings (SSSR count). The van der Waals surface area contributed by atoms with E-state index in [1.165, 1.54) is 12.1 Å². The molecular formula is C19H20ClN3O3. The molecule has 6 nitrogen and oxygen atoms in total. The summed E-state index contributed by atoms with van der Waals surface area (Å²) < 4.78 is 0. The van der Waals surface area contributed by atoms with E-state index in [1.807, 2.05) is 36.9 Å². The summed E-state index contributed by atoms with van der Waals surface area (Å²) in [7, 11) is 0. The molecule has 0 bridgehead atoms. The summed E-state index contributed by atoms with van der Waals surface area (Å²) in [5.41, 5.74) is 3.59. The number of anilines is 1. The minimum Gasteiger partial charge on any atom is -0.367 e. The van der Waals surface area contributed by atoms with Gasteiger partial charge in [0.1, 0.15) is 0 Å². The van der Waals surface area contributed by atoms with E-state index in [9.17, 15) is 14.9 Å². The van der Waals surface area contributed by atoms with E-state index >= 15 is 0 Å². The number of hydrogen-bond acceptors (Lipinski definition) is 4. The number of amides is 1. The molecule has 0 spiro atoms. The number of nitrogens with zero attached hydrogens (tertiary/aromatic N) is 3. The average Bonchev–Trinajstić information content (AvgIpc) is 2.60. The maximum absolute atomic E-state index is 12.7. The zero-order valence-corrected chi connectivity index (χ0v) is 15.5. The normalized spacial score (nSPS) is 14.4.